The third-order valence-corrected chi connectivity index (χ3v) is 7.42. The fourth-order valence-corrected chi connectivity index (χ4v) is 5.36. The second-order valence-electron chi connectivity index (χ2n) is 10.6. The van der Waals surface area contributed by atoms with Crippen molar-refractivity contribution in [2.45, 2.75) is 58.2 Å². The summed E-state index contributed by atoms with van der Waals surface area (Å²) in [6, 6.07) is 11.8. The van der Waals surface area contributed by atoms with Gasteiger partial charge in [-0.05, 0) is 56.9 Å². The lowest BCUT2D eigenvalue weighted by molar-refractivity contribution is -0.119. The van der Waals surface area contributed by atoms with E-state index in [2.05, 4.69) is 25.3 Å². The van der Waals surface area contributed by atoms with Gasteiger partial charge in [-0.3, -0.25) is 4.79 Å². The lowest BCUT2D eigenvalue weighted by Gasteiger charge is -2.29. The number of nitrogens with zero attached hydrogens (tertiary/aromatic N) is 6. The predicted octanol–water partition coefficient (Wildman–Crippen LogP) is 5.30. The molecule has 3 heterocycles. The molecule has 2 aromatic carbocycles. The average Bonchev–Trinajstić information content (AvgIpc) is 3.38. The Bertz CT molecular complexity index is 1750. The van der Waals surface area contributed by atoms with Gasteiger partial charge in [0.15, 0.2) is 5.65 Å². The summed E-state index contributed by atoms with van der Waals surface area (Å²) in [4.78, 5) is 28.5. The first-order chi connectivity index (χ1) is 20.8. The number of hydrogen-bond donors (Lipinski definition) is 2. The molecule has 5 aromatic rings. The van der Waals surface area contributed by atoms with Crippen molar-refractivity contribution in [3.05, 3.63) is 78.4 Å². The number of amides is 1. The summed E-state index contributed by atoms with van der Waals surface area (Å²) in [6.45, 7) is 3.54. The molecule has 0 unspecified atom stereocenters. The normalized spacial score (nSPS) is 16.6. The molecule has 0 aliphatic heterocycles. The van der Waals surface area contributed by atoms with Gasteiger partial charge in [0.1, 0.15) is 53.3 Å². The largest absolute Gasteiger partial charge is 0.489 e. The standard InChI is InChI=1S/C31H31FN8O3/c1-18-34-14-20(15-35-18)16-42-26-11-22(32)12-27(13-26)43-25-9-3-21(4-10-25)29-28-30(33)36-17-37-31(28)40(39-29)24-7-5-23(6-8-24)38-19(2)41/h3-4,9-15,17,23-24H,5-8,16H2,1-2H3,(H,38,41)(H2,33,36,37). The van der Waals surface area contributed by atoms with Gasteiger partial charge in [0.25, 0.3) is 0 Å². The smallest absolute Gasteiger partial charge is 0.217 e. The van der Waals surface area contributed by atoms with Crippen molar-refractivity contribution in [2.24, 2.45) is 0 Å². The summed E-state index contributed by atoms with van der Waals surface area (Å²) in [7, 11) is 0. The SMILES string of the molecule is CC(=O)NC1CCC(n2nc(-c3ccc(Oc4cc(F)cc(OCc5cnc(C)nc5)c4)cc3)c3c(N)ncnc32)CC1. The van der Waals surface area contributed by atoms with E-state index in [9.17, 15) is 9.18 Å². The summed E-state index contributed by atoms with van der Waals surface area (Å²) < 4.78 is 28.0. The van der Waals surface area contributed by atoms with Crippen LogP contribution in [0.2, 0.25) is 0 Å². The molecule has 0 bridgehead atoms. The van der Waals surface area contributed by atoms with E-state index in [-0.39, 0.29) is 24.6 Å². The molecule has 1 saturated carbocycles. The molecule has 1 amide bonds. The number of ether oxygens (including phenoxy) is 2. The van der Waals surface area contributed by atoms with Gasteiger partial charge in [-0.2, -0.15) is 5.10 Å². The number of hydrogen-bond acceptors (Lipinski definition) is 9. The Balaban J connectivity index is 1.20. The Kier molecular flexibility index (Phi) is 7.82. The number of anilines is 1. The Labute approximate surface area is 247 Å². The number of carbonyl (C=O) groups excluding carboxylic acids is 1. The summed E-state index contributed by atoms with van der Waals surface area (Å²) in [5.74, 6) is 1.65. The van der Waals surface area contributed by atoms with Crippen molar-refractivity contribution in [1.82, 2.24) is 35.0 Å². The average molecular weight is 583 g/mol. The van der Waals surface area contributed by atoms with Crippen molar-refractivity contribution < 1.29 is 18.7 Å². The van der Waals surface area contributed by atoms with E-state index < -0.39 is 5.82 Å². The van der Waals surface area contributed by atoms with Crippen LogP contribution in [0.5, 0.6) is 17.2 Å². The molecule has 1 fully saturated rings. The topological polar surface area (TPSA) is 143 Å². The molecule has 43 heavy (non-hydrogen) atoms. The van der Waals surface area contributed by atoms with Crippen LogP contribution in [0.25, 0.3) is 22.3 Å². The lowest BCUT2D eigenvalue weighted by atomic mass is 9.91. The fourth-order valence-electron chi connectivity index (χ4n) is 5.36. The van der Waals surface area contributed by atoms with Gasteiger partial charge in [0.05, 0.1) is 11.4 Å². The zero-order valence-electron chi connectivity index (χ0n) is 23.8. The third-order valence-electron chi connectivity index (χ3n) is 7.42. The first-order valence-corrected chi connectivity index (χ1v) is 14.1. The monoisotopic (exact) mass is 582 g/mol. The van der Waals surface area contributed by atoms with E-state index in [1.165, 1.54) is 18.5 Å². The highest BCUT2D eigenvalue weighted by atomic mass is 19.1. The van der Waals surface area contributed by atoms with Crippen LogP contribution in [0, 0.1) is 12.7 Å². The van der Waals surface area contributed by atoms with E-state index in [1.807, 2.05) is 16.8 Å². The van der Waals surface area contributed by atoms with Gasteiger partial charge in [-0.1, -0.05) is 0 Å². The van der Waals surface area contributed by atoms with Crippen LogP contribution in [-0.2, 0) is 11.4 Å². The molecule has 0 radical (unpaired) electrons. The molecular weight excluding hydrogens is 551 g/mol. The number of nitrogens with one attached hydrogen (secondary N) is 1. The molecule has 11 nitrogen and oxygen atoms in total. The first-order valence-electron chi connectivity index (χ1n) is 14.1. The Hall–Kier alpha value is -5.13. The molecule has 0 atom stereocenters. The molecule has 0 spiro atoms. The van der Waals surface area contributed by atoms with E-state index in [4.69, 9.17) is 20.3 Å². The highest BCUT2D eigenvalue weighted by Crippen LogP contribution is 2.37. The van der Waals surface area contributed by atoms with Crippen LogP contribution in [-0.4, -0.2) is 41.7 Å². The number of benzene rings is 2. The summed E-state index contributed by atoms with van der Waals surface area (Å²) in [6.07, 6.45) is 8.23. The van der Waals surface area contributed by atoms with Crippen molar-refractivity contribution in [3.8, 4) is 28.5 Å². The maximum absolute atomic E-state index is 14.4. The number of fused-ring (bicyclic) bond motifs is 1. The van der Waals surface area contributed by atoms with Crippen molar-refractivity contribution in [1.29, 1.82) is 0 Å². The van der Waals surface area contributed by atoms with Gasteiger partial charge < -0.3 is 20.5 Å². The second kappa shape index (κ2) is 12.0. The van der Waals surface area contributed by atoms with Gasteiger partial charge in [-0.25, -0.2) is 29.0 Å². The van der Waals surface area contributed by atoms with Gasteiger partial charge in [-0.15, -0.1) is 0 Å². The maximum atomic E-state index is 14.4. The molecule has 6 rings (SSSR count). The minimum absolute atomic E-state index is 0.0111. The molecule has 0 saturated heterocycles. The quantitative estimate of drug-likeness (QED) is 0.249. The summed E-state index contributed by atoms with van der Waals surface area (Å²) >= 11 is 0. The van der Waals surface area contributed by atoms with Gasteiger partial charge >= 0.3 is 0 Å². The number of aromatic nitrogens is 6. The highest BCUT2D eigenvalue weighted by molar-refractivity contribution is 5.98. The van der Waals surface area contributed by atoms with Crippen LogP contribution < -0.4 is 20.5 Å². The zero-order chi connectivity index (χ0) is 29.9. The molecule has 3 N–H and O–H groups in total. The molecule has 12 heteroatoms. The zero-order valence-corrected chi connectivity index (χ0v) is 23.8. The van der Waals surface area contributed by atoms with Crippen molar-refractivity contribution in [3.63, 3.8) is 0 Å². The number of rotatable bonds is 8. The Morgan fingerprint density at radius 2 is 1.72 bits per heavy atom. The summed E-state index contributed by atoms with van der Waals surface area (Å²) in [5.41, 5.74) is 9.24. The van der Waals surface area contributed by atoms with E-state index >= 15 is 0 Å². The van der Waals surface area contributed by atoms with Crippen molar-refractivity contribution >= 4 is 22.8 Å². The van der Waals surface area contributed by atoms with Crippen LogP contribution in [0.15, 0.2) is 61.2 Å². The van der Waals surface area contributed by atoms with Crippen LogP contribution >= 0.6 is 0 Å². The number of nitrogens with two attached hydrogens (primary N) is 1. The molecule has 3 aromatic heterocycles. The van der Waals surface area contributed by atoms with E-state index in [0.29, 0.717) is 45.6 Å². The third kappa shape index (κ3) is 6.37. The van der Waals surface area contributed by atoms with Crippen LogP contribution in [0.4, 0.5) is 10.2 Å². The second-order valence-corrected chi connectivity index (χ2v) is 10.6. The molecule has 1 aliphatic rings. The predicted molar refractivity (Wildman–Crippen MR) is 158 cm³/mol. The fraction of sp³-hybridized carbons (Fsp3) is 0.290. The number of halogens is 1. The number of carbonyl (C=O) groups is 1. The molecule has 1 aliphatic carbocycles. The minimum atomic E-state index is -0.483. The van der Waals surface area contributed by atoms with Gasteiger partial charge in [0, 0.05) is 54.7 Å². The van der Waals surface area contributed by atoms with Gasteiger partial charge in [0.2, 0.25) is 5.91 Å². The molecular formula is C31H31FN8O3. The lowest BCUT2D eigenvalue weighted by Crippen LogP contribution is -2.36. The van der Waals surface area contributed by atoms with E-state index in [0.717, 1.165) is 36.8 Å². The van der Waals surface area contributed by atoms with Crippen LogP contribution in [0.1, 0.15) is 50.0 Å². The number of aryl methyl sites for hydroxylation is 1. The summed E-state index contributed by atoms with van der Waals surface area (Å²) in [5, 5.41) is 8.65. The Morgan fingerprint density at radius 3 is 2.44 bits per heavy atom. The first kappa shape index (κ1) is 28.0. The molecule has 220 valence electrons. The highest BCUT2D eigenvalue weighted by Gasteiger charge is 2.27. The number of nitrogen functional groups attached to an aromatic ring is 1. The van der Waals surface area contributed by atoms with Crippen LogP contribution in [0.3, 0.4) is 0 Å². The van der Waals surface area contributed by atoms with E-state index in [1.54, 1.807) is 44.4 Å². The maximum Gasteiger partial charge on any atom is 0.217 e. The minimum Gasteiger partial charge on any atom is -0.489 e. The Morgan fingerprint density at radius 1 is 1.00 bits per heavy atom. The van der Waals surface area contributed by atoms with Crippen molar-refractivity contribution in [2.75, 3.05) is 5.73 Å².